The van der Waals surface area contributed by atoms with E-state index in [1.165, 1.54) is 0 Å². The van der Waals surface area contributed by atoms with Crippen LogP contribution >= 0.6 is 11.6 Å². The zero-order chi connectivity index (χ0) is 20.4. The Kier molecular flexibility index (Phi) is 9.07. The van der Waals surface area contributed by atoms with Crippen molar-refractivity contribution in [2.24, 2.45) is 10.9 Å². The van der Waals surface area contributed by atoms with Crippen molar-refractivity contribution >= 4 is 35.1 Å². The van der Waals surface area contributed by atoms with Crippen molar-refractivity contribution < 1.29 is 14.3 Å². The topological polar surface area (TPSA) is 83.0 Å². The van der Waals surface area contributed by atoms with E-state index < -0.39 is 0 Å². The van der Waals surface area contributed by atoms with Crippen LogP contribution in [-0.4, -0.2) is 56.0 Å². The highest BCUT2D eigenvalue weighted by atomic mass is 35.5. The predicted octanol–water partition coefficient (Wildman–Crippen LogP) is 2.91. The Labute approximate surface area is 171 Å². The SMILES string of the molecule is CCOC(=O)C1CCN(C(=NC)NCCCC(=O)Nc2ccc(Cl)cc2)CC1. The third-order valence-corrected chi connectivity index (χ3v) is 4.87. The van der Waals surface area contributed by atoms with Crippen molar-refractivity contribution in [2.75, 3.05) is 38.6 Å². The lowest BCUT2D eigenvalue weighted by Gasteiger charge is -2.33. The van der Waals surface area contributed by atoms with Crippen LogP contribution < -0.4 is 10.6 Å². The molecule has 0 unspecified atom stereocenters. The second kappa shape index (κ2) is 11.5. The fourth-order valence-corrected chi connectivity index (χ4v) is 3.25. The first-order valence-electron chi connectivity index (χ1n) is 9.71. The van der Waals surface area contributed by atoms with E-state index in [1.807, 2.05) is 6.92 Å². The van der Waals surface area contributed by atoms with Gasteiger partial charge in [0.2, 0.25) is 5.91 Å². The highest BCUT2D eigenvalue weighted by Crippen LogP contribution is 2.18. The molecule has 2 rings (SSSR count). The van der Waals surface area contributed by atoms with Crippen LogP contribution in [0.25, 0.3) is 0 Å². The summed E-state index contributed by atoms with van der Waals surface area (Å²) >= 11 is 5.84. The molecule has 0 aliphatic carbocycles. The van der Waals surface area contributed by atoms with Crippen LogP contribution in [0.1, 0.15) is 32.6 Å². The fourth-order valence-electron chi connectivity index (χ4n) is 3.13. The number of nitrogens with one attached hydrogen (secondary N) is 2. The molecule has 1 aliphatic heterocycles. The van der Waals surface area contributed by atoms with Crippen molar-refractivity contribution in [3.8, 4) is 0 Å². The van der Waals surface area contributed by atoms with Crippen molar-refractivity contribution in [3.63, 3.8) is 0 Å². The van der Waals surface area contributed by atoms with E-state index >= 15 is 0 Å². The second-order valence-corrected chi connectivity index (χ2v) is 7.08. The molecule has 1 heterocycles. The summed E-state index contributed by atoms with van der Waals surface area (Å²) in [4.78, 5) is 30.3. The van der Waals surface area contributed by atoms with Gasteiger partial charge < -0.3 is 20.3 Å². The van der Waals surface area contributed by atoms with Gasteiger partial charge in [0.05, 0.1) is 12.5 Å². The summed E-state index contributed by atoms with van der Waals surface area (Å²) < 4.78 is 5.11. The minimum Gasteiger partial charge on any atom is -0.466 e. The third kappa shape index (κ3) is 7.03. The summed E-state index contributed by atoms with van der Waals surface area (Å²) in [6, 6.07) is 7.04. The molecule has 0 saturated carbocycles. The van der Waals surface area contributed by atoms with E-state index in [-0.39, 0.29) is 17.8 Å². The number of piperidine rings is 1. The number of ether oxygens (including phenoxy) is 1. The largest absolute Gasteiger partial charge is 0.466 e. The van der Waals surface area contributed by atoms with Crippen molar-refractivity contribution in [1.82, 2.24) is 10.2 Å². The van der Waals surface area contributed by atoms with Crippen LogP contribution in [0.4, 0.5) is 5.69 Å². The zero-order valence-electron chi connectivity index (χ0n) is 16.5. The lowest BCUT2D eigenvalue weighted by Crippen LogP contribution is -2.47. The molecule has 1 aliphatic rings. The Morgan fingerprint density at radius 3 is 2.54 bits per heavy atom. The van der Waals surface area contributed by atoms with E-state index in [1.54, 1.807) is 31.3 Å². The first kappa shape index (κ1) is 22.0. The molecular weight excluding hydrogens is 380 g/mol. The summed E-state index contributed by atoms with van der Waals surface area (Å²) in [5.74, 6) is 0.650. The van der Waals surface area contributed by atoms with Crippen LogP contribution in [0, 0.1) is 5.92 Å². The van der Waals surface area contributed by atoms with Crippen molar-refractivity contribution in [1.29, 1.82) is 0 Å². The third-order valence-electron chi connectivity index (χ3n) is 4.62. The van der Waals surface area contributed by atoms with Crippen molar-refractivity contribution in [3.05, 3.63) is 29.3 Å². The normalized spacial score (nSPS) is 15.2. The van der Waals surface area contributed by atoms with E-state index in [4.69, 9.17) is 16.3 Å². The molecule has 1 amide bonds. The van der Waals surface area contributed by atoms with Crippen LogP contribution in [0.15, 0.2) is 29.3 Å². The maximum Gasteiger partial charge on any atom is 0.309 e. The standard InChI is InChI=1S/C20H29ClN4O3/c1-3-28-19(27)15-10-13-25(14-11-15)20(22-2)23-12-4-5-18(26)24-17-8-6-16(21)7-9-17/h6-9,15H,3-5,10-14H2,1-2H3,(H,22,23)(H,24,26). The van der Waals surface area contributed by atoms with Gasteiger partial charge in [0.1, 0.15) is 0 Å². The average molecular weight is 409 g/mol. The molecule has 0 bridgehead atoms. The highest BCUT2D eigenvalue weighted by molar-refractivity contribution is 6.30. The van der Waals surface area contributed by atoms with Gasteiger partial charge in [-0.05, 0) is 50.5 Å². The smallest absolute Gasteiger partial charge is 0.309 e. The molecule has 0 radical (unpaired) electrons. The number of anilines is 1. The number of rotatable bonds is 7. The van der Waals surface area contributed by atoms with E-state index in [0.29, 0.717) is 31.0 Å². The lowest BCUT2D eigenvalue weighted by atomic mass is 9.97. The molecule has 0 aromatic heterocycles. The first-order valence-corrected chi connectivity index (χ1v) is 10.1. The average Bonchev–Trinajstić information content (AvgIpc) is 2.70. The fraction of sp³-hybridized carbons (Fsp3) is 0.550. The monoisotopic (exact) mass is 408 g/mol. The molecule has 8 heteroatoms. The van der Waals surface area contributed by atoms with E-state index in [9.17, 15) is 9.59 Å². The molecule has 1 fully saturated rings. The number of carbonyl (C=O) groups excluding carboxylic acids is 2. The van der Waals surface area contributed by atoms with E-state index in [2.05, 4.69) is 20.5 Å². The number of guanidine groups is 1. The van der Waals surface area contributed by atoms with Crippen LogP contribution in [0.2, 0.25) is 5.02 Å². The highest BCUT2D eigenvalue weighted by Gasteiger charge is 2.27. The number of carbonyl (C=O) groups is 2. The summed E-state index contributed by atoms with van der Waals surface area (Å²) in [6.45, 7) is 4.43. The Balaban J connectivity index is 1.66. The number of nitrogens with zero attached hydrogens (tertiary/aromatic N) is 2. The van der Waals surface area contributed by atoms with Crippen LogP contribution in [0.3, 0.4) is 0 Å². The summed E-state index contributed by atoms with van der Waals surface area (Å²) in [5, 5.41) is 6.79. The molecule has 0 spiro atoms. The molecule has 154 valence electrons. The molecule has 0 atom stereocenters. The van der Waals surface area contributed by atoms with Gasteiger partial charge >= 0.3 is 5.97 Å². The van der Waals surface area contributed by atoms with E-state index in [0.717, 1.165) is 37.6 Å². The Hall–Kier alpha value is -2.28. The maximum atomic E-state index is 12.0. The molecule has 2 N–H and O–H groups in total. The van der Waals surface area contributed by atoms with Crippen molar-refractivity contribution in [2.45, 2.75) is 32.6 Å². The first-order chi connectivity index (χ1) is 13.5. The Bertz CT molecular complexity index is 671. The number of likely N-dealkylation sites (tertiary alicyclic amines) is 1. The number of aliphatic imine (C=N–C) groups is 1. The number of amides is 1. The minimum atomic E-state index is -0.100. The van der Waals surface area contributed by atoms with Gasteiger partial charge in [-0.3, -0.25) is 14.6 Å². The van der Waals surface area contributed by atoms with Gasteiger partial charge in [-0.1, -0.05) is 11.6 Å². The quantitative estimate of drug-likeness (QED) is 0.313. The van der Waals surface area contributed by atoms with Gasteiger partial charge in [-0.2, -0.15) is 0 Å². The van der Waals surface area contributed by atoms with Crippen LogP contribution in [0.5, 0.6) is 0 Å². The number of hydrogen-bond acceptors (Lipinski definition) is 4. The van der Waals surface area contributed by atoms with Gasteiger partial charge in [0.15, 0.2) is 5.96 Å². The second-order valence-electron chi connectivity index (χ2n) is 6.65. The van der Waals surface area contributed by atoms with Gasteiger partial charge in [-0.25, -0.2) is 0 Å². The predicted molar refractivity (Wildman–Crippen MR) is 112 cm³/mol. The van der Waals surface area contributed by atoms with Gasteiger partial charge in [0.25, 0.3) is 0 Å². The van der Waals surface area contributed by atoms with Gasteiger partial charge in [-0.15, -0.1) is 0 Å². The maximum absolute atomic E-state index is 12.0. The Morgan fingerprint density at radius 1 is 1.25 bits per heavy atom. The molecule has 28 heavy (non-hydrogen) atoms. The molecule has 1 aromatic rings. The van der Waals surface area contributed by atoms with Gasteiger partial charge in [0, 0.05) is 43.8 Å². The summed E-state index contributed by atoms with van der Waals surface area (Å²) in [7, 11) is 1.74. The Morgan fingerprint density at radius 2 is 1.93 bits per heavy atom. The molecule has 1 saturated heterocycles. The minimum absolute atomic E-state index is 0.0223. The number of esters is 1. The number of benzene rings is 1. The zero-order valence-corrected chi connectivity index (χ0v) is 17.3. The number of halogens is 1. The number of hydrogen-bond donors (Lipinski definition) is 2. The molecule has 7 nitrogen and oxygen atoms in total. The lowest BCUT2D eigenvalue weighted by molar-refractivity contribution is -0.149. The molecule has 1 aromatic carbocycles. The van der Waals surface area contributed by atoms with Crippen LogP contribution in [-0.2, 0) is 14.3 Å². The summed E-state index contributed by atoms with van der Waals surface area (Å²) in [6.07, 6.45) is 2.64. The summed E-state index contributed by atoms with van der Waals surface area (Å²) in [5.41, 5.74) is 0.739. The molecular formula is C20H29ClN4O3.